The van der Waals surface area contributed by atoms with Crippen LogP contribution in [0.5, 0.6) is 0 Å². The lowest BCUT2D eigenvalue weighted by molar-refractivity contribution is -0.167. The molecule has 0 aromatic rings. The number of unbranched alkanes of at least 4 members (excludes halogenated alkanes) is 45. The topological polar surface area (TPSA) is 78.9 Å². The van der Waals surface area contributed by atoms with Gasteiger partial charge in [-0.2, -0.15) is 0 Å². The molecule has 0 rings (SSSR count). The molecule has 1 unspecified atom stereocenters. The van der Waals surface area contributed by atoms with Crippen LogP contribution >= 0.6 is 0 Å². The Morgan fingerprint density at radius 3 is 0.753 bits per heavy atom. The molecule has 0 heterocycles. The standard InChI is InChI=1S/C75H136O6/c1-4-7-10-13-16-19-22-25-27-29-31-33-35-37-39-40-42-44-46-48-50-53-56-59-62-65-68-74(77)80-71-72(70-79-73(76)67-64-61-58-55-52-24-21-18-15-12-9-6-3)81-75(78)69-66-63-60-57-54-51-49-47-45-43-41-38-36-34-32-30-28-26-23-20-17-14-11-8-5-2/h8,11,17,20,26,28,32,34,38,41,72H,4-7,9-10,12-16,18-19,21-25,27,29-31,33,35-37,39-40,42-71H2,1-3H3/b11-8-,20-17-,28-26-,34-32-,41-38-. The number of rotatable bonds is 66. The largest absolute Gasteiger partial charge is 0.462 e. The number of esters is 3. The van der Waals surface area contributed by atoms with Gasteiger partial charge < -0.3 is 14.2 Å². The highest BCUT2D eigenvalue weighted by molar-refractivity contribution is 5.71. The van der Waals surface area contributed by atoms with Crippen molar-refractivity contribution in [1.82, 2.24) is 0 Å². The highest BCUT2D eigenvalue weighted by Crippen LogP contribution is 2.19. The smallest absolute Gasteiger partial charge is 0.306 e. The average Bonchev–Trinajstić information content (AvgIpc) is 3.47. The van der Waals surface area contributed by atoms with Crippen LogP contribution < -0.4 is 0 Å². The zero-order chi connectivity index (χ0) is 58.5. The molecule has 6 heteroatoms. The number of hydrogen-bond acceptors (Lipinski definition) is 6. The van der Waals surface area contributed by atoms with E-state index in [9.17, 15) is 14.4 Å². The van der Waals surface area contributed by atoms with Gasteiger partial charge in [0.2, 0.25) is 0 Å². The van der Waals surface area contributed by atoms with Gasteiger partial charge in [-0.25, -0.2) is 0 Å². The zero-order valence-electron chi connectivity index (χ0n) is 54.3. The van der Waals surface area contributed by atoms with Crippen molar-refractivity contribution in [3.8, 4) is 0 Å². The summed E-state index contributed by atoms with van der Waals surface area (Å²) in [7, 11) is 0. The van der Waals surface area contributed by atoms with Gasteiger partial charge in [0, 0.05) is 19.3 Å². The van der Waals surface area contributed by atoms with Crippen LogP contribution in [0.15, 0.2) is 60.8 Å². The first-order chi connectivity index (χ1) is 40.0. The van der Waals surface area contributed by atoms with Crippen molar-refractivity contribution in [2.24, 2.45) is 0 Å². The minimum atomic E-state index is -0.776. The Balaban J connectivity index is 4.22. The third kappa shape index (κ3) is 67.8. The fraction of sp³-hybridized carbons (Fsp3) is 0.827. The summed E-state index contributed by atoms with van der Waals surface area (Å²) in [5.41, 5.74) is 0. The Morgan fingerprint density at radius 2 is 0.481 bits per heavy atom. The molecule has 0 aliphatic carbocycles. The van der Waals surface area contributed by atoms with E-state index in [-0.39, 0.29) is 31.1 Å². The van der Waals surface area contributed by atoms with Crippen LogP contribution in [0.25, 0.3) is 0 Å². The molecule has 0 fully saturated rings. The van der Waals surface area contributed by atoms with Crippen LogP contribution in [-0.2, 0) is 28.6 Å². The summed E-state index contributed by atoms with van der Waals surface area (Å²) in [6.45, 7) is 6.59. The van der Waals surface area contributed by atoms with Gasteiger partial charge in [0.05, 0.1) is 0 Å². The minimum Gasteiger partial charge on any atom is -0.462 e. The first-order valence-corrected chi connectivity index (χ1v) is 35.8. The summed E-state index contributed by atoms with van der Waals surface area (Å²) >= 11 is 0. The fourth-order valence-corrected chi connectivity index (χ4v) is 10.7. The Bertz CT molecular complexity index is 1440. The van der Waals surface area contributed by atoms with Gasteiger partial charge >= 0.3 is 17.9 Å². The summed E-state index contributed by atoms with van der Waals surface area (Å²) in [4.78, 5) is 38.4. The number of allylic oxidation sites excluding steroid dienone is 10. The van der Waals surface area contributed by atoms with Crippen molar-refractivity contribution in [1.29, 1.82) is 0 Å². The van der Waals surface area contributed by atoms with E-state index in [1.807, 2.05) is 0 Å². The molecule has 0 saturated heterocycles. The van der Waals surface area contributed by atoms with E-state index in [2.05, 4.69) is 81.5 Å². The van der Waals surface area contributed by atoms with Gasteiger partial charge in [0.1, 0.15) is 13.2 Å². The lowest BCUT2D eigenvalue weighted by Gasteiger charge is -2.18. The van der Waals surface area contributed by atoms with Gasteiger partial charge in [0.25, 0.3) is 0 Å². The van der Waals surface area contributed by atoms with Gasteiger partial charge in [0.15, 0.2) is 6.10 Å². The van der Waals surface area contributed by atoms with E-state index >= 15 is 0 Å². The van der Waals surface area contributed by atoms with E-state index in [4.69, 9.17) is 14.2 Å². The monoisotopic (exact) mass is 1130 g/mol. The molecule has 81 heavy (non-hydrogen) atoms. The van der Waals surface area contributed by atoms with Crippen molar-refractivity contribution in [3.05, 3.63) is 60.8 Å². The molecule has 472 valence electrons. The lowest BCUT2D eigenvalue weighted by Crippen LogP contribution is -2.30. The van der Waals surface area contributed by atoms with E-state index < -0.39 is 6.10 Å². The van der Waals surface area contributed by atoms with Crippen molar-refractivity contribution >= 4 is 17.9 Å². The Hall–Kier alpha value is -2.89. The molecule has 0 amide bonds. The molecule has 1 atom stereocenters. The SMILES string of the molecule is CC/C=C\C/C=C\C/C=C\C/C=C\C/C=C\CCCCCCCCCCCC(=O)OC(COC(=O)CCCCCCCCCCCCCC)COC(=O)CCCCCCCCCCCCCCCCCCCCCCCCCCCC. The Morgan fingerprint density at radius 1 is 0.259 bits per heavy atom. The minimum absolute atomic E-state index is 0.0712. The van der Waals surface area contributed by atoms with Gasteiger partial charge in [-0.1, -0.05) is 358 Å². The number of carbonyl (C=O) groups is 3. The van der Waals surface area contributed by atoms with Gasteiger partial charge in [-0.3, -0.25) is 14.4 Å². The summed E-state index contributed by atoms with van der Waals surface area (Å²) in [5.74, 6) is -0.852. The lowest BCUT2D eigenvalue weighted by atomic mass is 10.0. The molecule has 0 N–H and O–H groups in total. The van der Waals surface area contributed by atoms with Crippen LogP contribution in [0.4, 0.5) is 0 Å². The molecular weight excluding hydrogens is 997 g/mol. The maximum atomic E-state index is 13.0. The third-order valence-corrected chi connectivity index (χ3v) is 16.0. The van der Waals surface area contributed by atoms with Gasteiger partial charge in [-0.15, -0.1) is 0 Å². The first-order valence-electron chi connectivity index (χ1n) is 35.8. The molecule has 0 aromatic carbocycles. The van der Waals surface area contributed by atoms with Crippen LogP contribution in [0, 0.1) is 0 Å². The fourth-order valence-electron chi connectivity index (χ4n) is 10.7. The van der Waals surface area contributed by atoms with Crippen LogP contribution in [0.3, 0.4) is 0 Å². The van der Waals surface area contributed by atoms with Gasteiger partial charge in [-0.05, 0) is 64.2 Å². The second kappa shape index (κ2) is 69.6. The van der Waals surface area contributed by atoms with Crippen molar-refractivity contribution in [2.75, 3.05) is 13.2 Å². The predicted molar refractivity (Wildman–Crippen MR) is 353 cm³/mol. The molecule has 0 aliphatic heterocycles. The number of carbonyl (C=O) groups excluding carboxylic acids is 3. The Labute approximate surface area is 504 Å². The quantitative estimate of drug-likeness (QED) is 0.0261. The van der Waals surface area contributed by atoms with E-state index in [1.54, 1.807) is 0 Å². The Kier molecular flexibility index (Phi) is 67.1. The maximum absolute atomic E-state index is 13.0. The molecule has 0 aromatic heterocycles. The molecule has 0 saturated carbocycles. The number of ether oxygens (including phenoxy) is 3. The highest BCUT2D eigenvalue weighted by atomic mass is 16.6. The van der Waals surface area contributed by atoms with E-state index in [0.717, 1.165) is 96.3 Å². The zero-order valence-corrected chi connectivity index (χ0v) is 54.3. The summed E-state index contributed by atoms with van der Waals surface area (Å²) in [6.07, 6.45) is 89.7. The van der Waals surface area contributed by atoms with Crippen LogP contribution in [0.2, 0.25) is 0 Å². The average molecular weight is 1130 g/mol. The molecule has 0 radical (unpaired) electrons. The van der Waals surface area contributed by atoms with E-state index in [0.29, 0.717) is 19.3 Å². The second-order valence-electron chi connectivity index (χ2n) is 24.1. The third-order valence-electron chi connectivity index (χ3n) is 16.0. The van der Waals surface area contributed by atoms with Crippen molar-refractivity contribution < 1.29 is 28.6 Å². The second-order valence-corrected chi connectivity index (χ2v) is 24.1. The first kappa shape index (κ1) is 78.1. The highest BCUT2D eigenvalue weighted by Gasteiger charge is 2.19. The molecule has 0 aliphatic rings. The molecular formula is C75H136O6. The van der Waals surface area contributed by atoms with E-state index in [1.165, 1.54) is 244 Å². The predicted octanol–water partition coefficient (Wildman–Crippen LogP) is 24.7. The summed E-state index contributed by atoms with van der Waals surface area (Å²) < 4.78 is 17.0. The number of hydrogen-bond donors (Lipinski definition) is 0. The maximum Gasteiger partial charge on any atom is 0.306 e. The van der Waals surface area contributed by atoms with Crippen molar-refractivity contribution in [3.63, 3.8) is 0 Å². The molecule has 0 spiro atoms. The normalized spacial score (nSPS) is 12.4. The summed E-state index contributed by atoms with van der Waals surface area (Å²) in [6, 6.07) is 0. The van der Waals surface area contributed by atoms with Crippen LogP contribution in [-0.4, -0.2) is 37.2 Å². The molecule has 6 nitrogen and oxygen atoms in total. The molecule has 0 bridgehead atoms. The van der Waals surface area contributed by atoms with Crippen LogP contribution in [0.1, 0.15) is 380 Å². The van der Waals surface area contributed by atoms with Crippen molar-refractivity contribution in [2.45, 2.75) is 386 Å². The summed E-state index contributed by atoms with van der Waals surface area (Å²) in [5, 5.41) is 0.